The Kier molecular flexibility index (Phi) is 7.79. The largest absolute Gasteiger partial charge is 0.337 e. The monoisotopic (exact) mass is 525 g/mol. The number of nitrogens with one attached hydrogen (secondary N) is 2. The van der Waals surface area contributed by atoms with Crippen molar-refractivity contribution < 1.29 is 14.6 Å². The predicted octanol–water partition coefficient (Wildman–Crippen LogP) is 3.66. The average Bonchev–Trinajstić information content (AvgIpc) is 3.10. The second-order valence-electron chi connectivity index (χ2n) is 9.65. The molecule has 37 heavy (non-hydrogen) atoms. The minimum Gasteiger partial charge on any atom is -0.337 e. The third kappa shape index (κ3) is 6.08. The highest BCUT2D eigenvalue weighted by Gasteiger charge is 2.24. The fourth-order valence-electron chi connectivity index (χ4n) is 4.67. The number of carbonyl (C=O) groups excluding carboxylic acids is 1. The zero-order valence-electron chi connectivity index (χ0n) is 21.6. The number of aromatic amines is 1. The van der Waals surface area contributed by atoms with E-state index in [1.165, 1.54) is 18.2 Å². The summed E-state index contributed by atoms with van der Waals surface area (Å²) < 4.78 is 28.8. The molecular weight excluding hydrogens is 490 g/mol. The van der Waals surface area contributed by atoms with Gasteiger partial charge in [-0.2, -0.15) is 0 Å². The van der Waals surface area contributed by atoms with Crippen LogP contribution in [0.25, 0.3) is 11.3 Å². The fourth-order valence-corrected chi connectivity index (χ4v) is 5.68. The smallest absolute Gasteiger partial charge is 0.264 e. The maximum Gasteiger partial charge on any atom is 0.264 e. The molecule has 0 unspecified atom stereocenters. The van der Waals surface area contributed by atoms with Gasteiger partial charge in [-0.05, 0) is 63.4 Å². The van der Waals surface area contributed by atoms with E-state index < -0.39 is 15.6 Å². The molecule has 0 aliphatic carbocycles. The molecular formula is C27H35N5O4S. The molecule has 1 aromatic heterocycles. The van der Waals surface area contributed by atoms with Crippen molar-refractivity contribution in [2.45, 2.75) is 45.1 Å². The molecule has 1 saturated heterocycles. The Morgan fingerprint density at radius 3 is 2.43 bits per heavy atom. The van der Waals surface area contributed by atoms with Crippen molar-refractivity contribution in [1.82, 2.24) is 19.8 Å². The Labute approximate surface area is 219 Å². The van der Waals surface area contributed by atoms with Crippen molar-refractivity contribution in [3.05, 3.63) is 75.6 Å². The quantitative estimate of drug-likeness (QED) is 0.508. The van der Waals surface area contributed by atoms with Gasteiger partial charge in [-0.1, -0.05) is 24.3 Å². The number of hydrogen-bond donors (Lipinski definition) is 2. The summed E-state index contributed by atoms with van der Waals surface area (Å²) in [7, 11) is -4.12. The second kappa shape index (κ2) is 10.9. The minimum absolute atomic E-state index is 0. The summed E-state index contributed by atoms with van der Waals surface area (Å²) in [6.07, 6.45) is 0.860. The number of amides is 1. The van der Waals surface area contributed by atoms with Gasteiger partial charge in [0.2, 0.25) is 5.95 Å². The van der Waals surface area contributed by atoms with Gasteiger partial charge in [0.25, 0.3) is 21.5 Å². The molecule has 1 aliphatic rings. The van der Waals surface area contributed by atoms with Crippen LogP contribution in [0.3, 0.4) is 0 Å². The van der Waals surface area contributed by atoms with Gasteiger partial charge in [0.05, 0.1) is 10.6 Å². The first-order valence-electron chi connectivity index (χ1n) is 12.4. The van der Waals surface area contributed by atoms with Crippen LogP contribution in [0.15, 0.2) is 58.2 Å². The van der Waals surface area contributed by atoms with Crippen LogP contribution in [0.2, 0.25) is 0 Å². The maximum atomic E-state index is 13.2. The Bertz CT molecular complexity index is 1450. The van der Waals surface area contributed by atoms with Gasteiger partial charge in [0, 0.05) is 50.8 Å². The molecule has 1 aliphatic heterocycles. The lowest BCUT2D eigenvalue weighted by atomic mass is 10.00. The summed E-state index contributed by atoms with van der Waals surface area (Å²) in [4.78, 5) is 36.4. The Morgan fingerprint density at radius 1 is 1.03 bits per heavy atom. The number of aryl methyl sites for hydroxylation is 2. The average molecular weight is 526 g/mol. The van der Waals surface area contributed by atoms with Crippen molar-refractivity contribution in [1.29, 1.82) is 0 Å². The van der Waals surface area contributed by atoms with E-state index in [0.717, 1.165) is 36.2 Å². The van der Waals surface area contributed by atoms with Crippen LogP contribution in [-0.4, -0.2) is 66.3 Å². The van der Waals surface area contributed by atoms with Gasteiger partial charge in [-0.3, -0.25) is 19.5 Å². The van der Waals surface area contributed by atoms with Crippen LogP contribution in [0.5, 0.6) is 0 Å². The summed E-state index contributed by atoms with van der Waals surface area (Å²) in [5.74, 6) is -0.394. The van der Waals surface area contributed by atoms with E-state index in [0.29, 0.717) is 30.4 Å². The number of hydrogen-bond acceptors (Lipinski definition) is 6. The molecule has 198 valence electrons. The molecule has 3 aromatic rings. The zero-order valence-corrected chi connectivity index (χ0v) is 22.4. The first kappa shape index (κ1) is 26.6. The highest BCUT2D eigenvalue weighted by Crippen LogP contribution is 2.25. The van der Waals surface area contributed by atoms with Crippen LogP contribution in [0.1, 0.15) is 43.2 Å². The first-order valence-corrected chi connectivity index (χ1v) is 13.9. The molecule has 2 N–H and O–H groups in total. The van der Waals surface area contributed by atoms with E-state index in [-0.39, 0.29) is 18.2 Å². The normalized spacial score (nSPS) is 15.0. The Morgan fingerprint density at radius 2 is 1.73 bits per heavy atom. The summed E-state index contributed by atoms with van der Waals surface area (Å²) in [5, 5.41) is 0. The van der Waals surface area contributed by atoms with Gasteiger partial charge in [-0.15, -0.1) is 0 Å². The molecule has 9 nitrogen and oxygen atoms in total. The standard InChI is InChI=1S/C27H33N5O4S.H2/c1-18(2)31-12-7-13-32(15-14-31)26(34)21-10-6-11-22(16-21)37(35,36)30-27-28-23(17-24(33)29-27)25-19(3)8-5-9-20(25)4;/h5-6,8-11,16-18H,7,12-15H2,1-4H3,(H2,28,29,30,33);1H. The van der Waals surface area contributed by atoms with Crippen LogP contribution in [0.4, 0.5) is 5.95 Å². The third-order valence-electron chi connectivity index (χ3n) is 6.65. The molecule has 0 bridgehead atoms. The summed E-state index contributed by atoms with van der Waals surface area (Å²) in [5.41, 5.74) is 2.80. The van der Waals surface area contributed by atoms with Crippen LogP contribution in [-0.2, 0) is 10.0 Å². The number of sulfonamides is 1. The van der Waals surface area contributed by atoms with Crippen molar-refractivity contribution in [2.75, 3.05) is 30.9 Å². The van der Waals surface area contributed by atoms with E-state index in [9.17, 15) is 18.0 Å². The van der Waals surface area contributed by atoms with Gasteiger partial charge < -0.3 is 4.90 Å². The molecule has 1 fully saturated rings. The molecule has 1 amide bonds. The summed E-state index contributed by atoms with van der Waals surface area (Å²) >= 11 is 0. The van der Waals surface area contributed by atoms with Crippen LogP contribution in [0, 0.1) is 13.8 Å². The topological polar surface area (TPSA) is 115 Å². The number of carbonyl (C=O) groups is 1. The molecule has 10 heteroatoms. The number of nitrogens with zero attached hydrogens (tertiary/aromatic N) is 3. The summed E-state index contributed by atoms with van der Waals surface area (Å²) in [6, 6.07) is 13.4. The van der Waals surface area contributed by atoms with Crippen LogP contribution >= 0.6 is 0 Å². The fraction of sp³-hybridized carbons (Fsp3) is 0.370. The van der Waals surface area contributed by atoms with Gasteiger partial charge in [0.15, 0.2) is 0 Å². The lowest BCUT2D eigenvalue weighted by molar-refractivity contribution is 0.0759. The van der Waals surface area contributed by atoms with Crippen molar-refractivity contribution in [2.24, 2.45) is 0 Å². The van der Waals surface area contributed by atoms with Gasteiger partial charge in [0.1, 0.15) is 0 Å². The van der Waals surface area contributed by atoms with Crippen molar-refractivity contribution in [3.63, 3.8) is 0 Å². The number of aromatic nitrogens is 2. The zero-order chi connectivity index (χ0) is 26.7. The number of benzene rings is 2. The molecule has 0 atom stereocenters. The Hall–Kier alpha value is -3.50. The summed E-state index contributed by atoms with van der Waals surface area (Å²) in [6.45, 7) is 11.0. The van der Waals surface area contributed by atoms with E-state index in [4.69, 9.17) is 0 Å². The minimum atomic E-state index is -4.12. The van der Waals surface area contributed by atoms with E-state index >= 15 is 0 Å². The Balaban J connectivity index is 0.00000400. The highest BCUT2D eigenvalue weighted by molar-refractivity contribution is 7.92. The second-order valence-corrected chi connectivity index (χ2v) is 11.3. The number of rotatable bonds is 6. The predicted molar refractivity (Wildman–Crippen MR) is 146 cm³/mol. The van der Waals surface area contributed by atoms with Crippen molar-refractivity contribution >= 4 is 21.9 Å². The lowest BCUT2D eigenvalue weighted by Crippen LogP contribution is -2.37. The van der Waals surface area contributed by atoms with Gasteiger partial charge >= 0.3 is 0 Å². The molecule has 4 rings (SSSR count). The molecule has 0 spiro atoms. The molecule has 2 heterocycles. The first-order chi connectivity index (χ1) is 17.5. The molecule has 2 aromatic carbocycles. The van der Waals surface area contributed by atoms with Crippen molar-refractivity contribution in [3.8, 4) is 11.3 Å². The maximum absolute atomic E-state index is 13.2. The van der Waals surface area contributed by atoms with E-state index in [1.54, 1.807) is 17.0 Å². The van der Waals surface area contributed by atoms with Gasteiger partial charge in [-0.25, -0.2) is 18.1 Å². The van der Waals surface area contributed by atoms with E-state index in [2.05, 4.69) is 33.4 Å². The lowest BCUT2D eigenvalue weighted by Gasteiger charge is -2.25. The highest BCUT2D eigenvalue weighted by atomic mass is 32.2. The SMILES string of the molecule is Cc1cccc(C)c1-c1cc(=O)[nH]c(NS(=O)(=O)c2cccc(C(=O)N3CCCN(C(C)C)CC3)c2)n1.[HH]. The molecule has 0 radical (unpaired) electrons. The van der Waals surface area contributed by atoms with E-state index in [1.807, 2.05) is 32.0 Å². The number of H-pyrrole nitrogens is 1. The third-order valence-corrected chi connectivity index (χ3v) is 7.99. The van der Waals surface area contributed by atoms with Crippen LogP contribution < -0.4 is 10.3 Å². The molecule has 0 saturated carbocycles. The number of anilines is 1.